The van der Waals surface area contributed by atoms with Crippen molar-refractivity contribution in [3.63, 3.8) is 0 Å². The van der Waals surface area contributed by atoms with E-state index < -0.39 is 0 Å². The van der Waals surface area contributed by atoms with E-state index in [1.807, 2.05) is 12.1 Å². The minimum atomic E-state index is 0.322. The fourth-order valence-corrected chi connectivity index (χ4v) is 2.56. The van der Waals surface area contributed by atoms with E-state index >= 15 is 0 Å². The minimum Gasteiger partial charge on any atom is -0.468 e. The van der Waals surface area contributed by atoms with Crippen molar-refractivity contribution in [1.29, 1.82) is 0 Å². The van der Waals surface area contributed by atoms with Crippen molar-refractivity contribution in [3.8, 4) is 0 Å². The monoisotopic (exact) mass is 207 g/mol. The Kier molecular flexibility index (Phi) is 2.87. The van der Waals surface area contributed by atoms with Crippen LogP contribution in [0.25, 0.3) is 0 Å². The summed E-state index contributed by atoms with van der Waals surface area (Å²) in [6.07, 6.45) is 5.70. The highest BCUT2D eigenvalue weighted by molar-refractivity contribution is 5.04. The molecule has 1 aromatic heterocycles. The molecule has 2 rings (SSSR count). The zero-order valence-electron chi connectivity index (χ0n) is 9.92. The van der Waals surface area contributed by atoms with E-state index in [-0.39, 0.29) is 0 Å². The van der Waals surface area contributed by atoms with E-state index in [1.165, 1.54) is 19.3 Å². The maximum Gasteiger partial charge on any atom is 0.120 e. The van der Waals surface area contributed by atoms with Crippen molar-refractivity contribution in [3.05, 3.63) is 24.2 Å². The lowest BCUT2D eigenvalue weighted by Crippen LogP contribution is -2.39. The van der Waals surface area contributed by atoms with Gasteiger partial charge in [-0.1, -0.05) is 20.3 Å². The summed E-state index contributed by atoms with van der Waals surface area (Å²) in [4.78, 5) is 0. The quantitative estimate of drug-likeness (QED) is 0.820. The Labute approximate surface area is 92.1 Å². The molecule has 0 amide bonds. The van der Waals surface area contributed by atoms with Gasteiger partial charge >= 0.3 is 0 Å². The Balaban J connectivity index is 1.97. The second-order valence-electron chi connectivity index (χ2n) is 5.34. The van der Waals surface area contributed by atoms with Crippen LogP contribution in [0.1, 0.15) is 51.8 Å². The Morgan fingerprint density at radius 2 is 2.33 bits per heavy atom. The van der Waals surface area contributed by atoms with Crippen LogP contribution in [0.2, 0.25) is 0 Å². The van der Waals surface area contributed by atoms with Gasteiger partial charge in [-0.3, -0.25) is 0 Å². The summed E-state index contributed by atoms with van der Waals surface area (Å²) < 4.78 is 5.41. The molecule has 1 fully saturated rings. The molecule has 1 aliphatic carbocycles. The largest absolute Gasteiger partial charge is 0.468 e. The Morgan fingerprint density at radius 3 is 2.87 bits per heavy atom. The van der Waals surface area contributed by atoms with Gasteiger partial charge in [0.15, 0.2) is 0 Å². The average molecular weight is 207 g/mol. The van der Waals surface area contributed by atoms with Crippen LogP contribution in [0.15, 0.2) is 22.8 Å². The SMILES string of the molecule is C[C@H](NC1CCCC1(C)C)c1ccco1. The number of rotatable bonds is 3. The van der Waals surface area contributed by atoms with E-state index in [1.54, 1.807) is 6.26 Å². The van der Waals surface area contributed by atoms with Crippen LogP contribution in [-0.2, 0) is 0 Å². The van der Waals surface area contributed by atoms with Gasteiger partial charge in [-0.25, -0.2) is 0 Å². The second-order valence-corrected chi connectivity index (χ2v) is 5.34. The molecule has 2 atom stereocenters. The second kappa shape index (κ2) is 4.01. The van der Waals surface area contributed by atoms with Crippen LogP contribution in [-0.4, -0.2) is 6.04 Å². The predicted octanol–water partition coefficient (Wildman–Crippen LogP) is 3.51. The van der Waals surface area contributed by atoms with Crippen molar-refractivity contribution in [2.75, 3.05) is 0 Å². The van der Waals surface area contributed by atoms with Gasteiger partial charge in [-0.05, 0) is 37.3 Å². The summed E-state index contributed by atoms with van der Waals surface area (Å²) in [5.41, 5.74) is 0.431. The molecule has 1 saturated carbocycles. The molecule has 1 unspecified atom stereocenters. The van der Waals surface area contributed by atoms with Crippen LogP contribution in [0.5, 0.6) is 0 Å². The molecule has 0 saturated heterocycles. The third-order valence-electron chi connectivity index (χ3n) is 3.68. The van der Waals surface area contributed by atoms with Gasteiger partial charge in [0.2, 0.25) is 0 Å². The first kappa shape index (κ1) is 10.7. The van der Waals surface area contributed by atoms with Crippen molar-refractivity contribution in [2.24, 2.45) is 5.41 Å². The molecule has 0 spiro atoms. The summed E-state index contributed by atoms with van der Waals surface area (Å²) in [6.45, 7) is 6.88. The van der Waals surface area contributed by atoms with E-state index in [2.05, 4.69) is 26.1 Å². The van der Waals surface area contributed by atoms with Gasteiger partial charge in [0, 0.05) is 6.04 Å². The van der Waals surface area contributed by atoms with Crippen LogP contribution >= 0.6 is 0 Å². The number of hydrogen-bond donors (Lipinski definition) is 1. The zero-order valence-corrected chi connectivity index (χ0v) is 9.92. The third-order valence-corrected chi connectivity index (χ3v) is 3.68. The lowest BCUT2D eigenvalue weighted by molar-refractivity contribution is 0.256. The highest BCUT2D eigenvalue weighted by Crippen LogP contribution is 2.38. The highest BCUT2D eigenvalue weighted by Gasteiger charge is 2.35. The van der Waals surface area contributed by atoms with Crippen LogP contribution in [0.4, 0.5) is 0 Å². The average Bonchev–Trinajstić information content (AvgIpc) is 2.76. The maximum atomic E-state index is 5.41. The molecule has 0 bridgehead atoms. The van der Waals surface area contributed by atoms with Crippen molar-refractivity contribution >= 4 is 0 Å². The molecule has 1 aliphatic rings. The van der Waals surface area contributed by atoms with Crippen molar-refractivity contribution in [1.82, 2.24) is 5.32 Å². The fraction of sp³-hybridized carbons (Fsp3) is 0.692. The summed E-state index contributed by atoms with van der Waals surface area (Å²) in [7, 11) is 0. The molecule has 1 aromatic rings. The first-order chi connectivity index (χ1) is 7.09. The summed E-state index contributed by atoms with van der Waals surface area (Å²) in [6, 6.07) is 4.94. The topological polar surface area (TPSA) is 25.2 Å². The molecule has 0 aromatic carbocycles. The number of nitrogens with one attached hydrogen (secondary N) is 1. The molecule has 84 valence electrons. The summed E-state index contributed by atoms with van der Waals surface area (Å²) in [5, 5.41) is 3.68. The van der Waals surface area contributed by atoms with E-state index in [4.69, 9.17) is 4.42 Å². The van der Waals surface area contributed by atoms with Gasteiger partial charge < -0.3 is 9.73 Å². The molecule has 15 heavy (non-hydrogen) atoms. The molecule has 1 heterocycles. The van der Waals surface area contributed by atoms with Crippen molar-refractivity contribution < 1.29 is 4.42 Å². The standard InChI is InChI=1S/C13H21NO/c1-10(11-6-5-9-15-11)14-12-7-4-8-13(12,2)3/h5-6,9-10,12,14H,4,7-8H2,1-3H3/t10-,12?/m0/s1. The van der Waals surface area contributed by atoms with Gasteiger partial charge in [-0.15, -0.1) is 0 Å². The zero-order chi connectivity index (χ0) is 10.9. The van der Waals surface area contributed by atoms with E-state index in [9.17, 15) is 0 Å². The first-order valence-electron chi connectivity index (χ1n) is 5.89. The Morgan fingerprint density at radius 1 is 1.53 bits per heavy atom. The van der Waals surface area contributed by atoms with Crippen LogP contribution in [0.3, 0.4) is 0 Å². The minimum absolute atomic E-state index is 0.322. The summed E-state index contributed by atoms with van der Waals surface area (Å²) in [5.74, 6) is 1.04. The van der Waals surface area contributed by atoms with Gasteiger partial charge in [0.25, 0.3) is 0 Å². The predicted molar refractivity (Wildman–Crippen MR) is 61.7 cm³/mol. The number of hydrogen-bond acceptors (Lipinski definition) is 2. The molecular weight excluding hydrogens is 186 g/mol. The maximum absolute atomic E-state index is 5.41. The van der Waals surface area contributed by atoms with Crippen molar-refractivity contribution in [2.45, 2.75) is 52.1 Å². The van der Waals surface area contributed by atoms with E-state index in [0.29, 0.717) is 17.5 Å². The highest BCUT2D eigenvalue weighted by atomic mass is 16.3. The fourth-order valence-electron chi connectivity index (χ4n) is 2.56. The van der Waals surface area contributed by atoms with E-state index in [0.717, 1.165) is 5.76 Å². The van der Waals surface area contributed by atoms with Gasteiger partial charge in [0.1, 0.15) is 5.76 Å². The molecule has 2 heteroatoms. The Bertz CT molecular complexity index is 302. The first-order valence-corrected chi connectivity index (χ1v) is 5.89. The lowest BCUT2D eigenvalue weighted by Gasteiger charge is -2.30. The molecular formula is C13H21NO. The van der Waals surface area contributed by atoms with Gasteiger partial charge in [0.05, 0.1) is 12.3 Å². The number of furan rings is 1. The Hall–Kier alpha value is -0.760. The molecule has 0 radical (unpaired) electrons. The molecule has 0 aliphatic heterocycles. The third kappa shape index (κ3) is 2.25. The molecule has 1 N–H and O–H groups in total. The van der Waals surface area contributed by atoms with Crippen LogP contribution in [0, 0.1) is 5.41 Å². The van der Waals surface area contributed by atoms with Gasteiger partial charge in [-0.2, -0.15) is 0 Å². The summed E-state index contributed by atoms with van der Waals surface area (Å²) >= 11 is 0. The van der Waals surface area contributed by atoms with Crippen LogP contribution < -0.4 is 5.32 Å². The lowest BCUT2D eigenvalue weighted by atomic mass is 9.87. The smallest absolute Gasteiger partial charge is 0.120 e. The molecule has 2 nitrogen and oxygen atoms in total. The normalized spacial score (nSPS) is 26.7.